The van der Waals surface area contributed by atoms with Crippen molar-refractivity contribution in [3.63, 3.8) is 0 Å². The molecule has 0 saturated carbocycles. The number of β-lactam (4-membered cyclic amide) rings is 1. The molecule has 0 aliphatic carbocycles. The zero-order valence-corrected chi connectivity index (χ0v) is 23.3. The molecule has 2 atom stereocenters. The van der Waals surface area contributed by atoms with E-state index in [1.54, 1.807) is 23.9 Å². The van der Waals surface area contributed by atoms with Gasteiger partial charge in [0.1, 0.15) is 17.2 Å². The maximum absolute atomic E-state index is 14.0. The summed E-state index contributed by atoms with van der Waals surface area (Å²) in [5.74, 6) is -0.132. The van der Waals surface area contributed by atoms with E-state index in [1.807, 2.05) is 78.9 Å². The molecule has 1 N–H and O–H groups in total. The van der Waals surface area contributed by atoms with E-state index in [-0.39, 0.29) is 24.1 Å². The molecule has 0 spiro atoms. The second kappa shape index (κ2) is 12.1. The lowest BCUT2D eigenvalue weighted by Crippen LogP contribution is -2.71. The molecule has 0 aromatic heterocycles. The van der Waals surface area contributed by atoms with Gasteiger partial charge in [0.2, 0.25) is 0 Å². The minimum Gasteiger partial charge on any atom is -0.484 e. The third kappa shape index (κ3) is 5.67. The number of fused-ring (bicyclic) bond motifs is 1. The molecule has 41 heavy (non-hydrogen) atoms. The maximum Gasteiger partial charge on any atom is 0.357 e. The van der Waals surface area contributed by atoms with E-state index in [9.17, 15) is 14.4 Å². The van der Waals surface area contributed by atoms with E-state index in [2.05, 4.69) is 10.2 Å². The number of nitrogens with one attached hydrogen (secondary N) is 1. The van der Waals surface area contributed by atoms with Crippen LogP contribution in [-0.2, 0) is 19.1 Å². The third-order valence-corrected chi connectivity index (χ3v) is 8.75. The topological polar surface area (TPSA) is 88.2 Å². The molecule has 2 fully saturated rings. The lowest BCUT2D eigenvalue weighted by Gasteiger charge is -2.50. The second-order valence-corrected chi connectivity index (χ2v) is 11.3. The molecule has 2 amide bonds. The monoisotopic (exact) mass is 569 g/mol. The van der Waals surface area contributed by atoms with Crippen LogP contribution in [0, 0.1) is 0 Å². The van der Waals surface area contributed by atoms with Crippen molar-refractivity contribution >= 4 is 29.5 Å². The summed E-state index contributed by atoms with van der Waals surface area (Å²) in [5, 5.41) is 2.41. The summed E-state index contributed by atoms with van der Waals surface area (Å²) < 4.78 is 11.8. The first-order valence-electron chi connectivity index (χ1n) is 13.8. The Morgan fingerprint density at radius 2 is 1.46 bits per heavy atom. The van der Waals surface area contributed by atoms with E-state index in [4.69, 9.17) is 9.47 Å². The average molecular weight is 570 g/mol. The van der Waals surface area contributed by atoms with Crippen molar-refractivity contribution in [2.24, 2.45) is 0 Å². The highest BCUT2D eigenvalue weighted by Crippen LogP contribution is 2.43. The van der Waals surface area contributed by atoms with Gasteiger partial charge in [-0.3, -0.25) is 14.5 Å². The standard InChI is InChI=1S/C32H31N3O5S/c36-26(20-39-24-16-8-3-9-17-24)33-27-30(37)35-28(25(21-41-31(27)35)34-18-10-11-19-34)32(38)40-29(22-12-4-1-5-13-22)23-14-6-2-7-15-23/h1-9,12-17,27,29,31H,10-11,18-21H2,(H,33,36)/t27-,31-/m1/s1. The van der Waals surface area contributed by atoms with Crippen LogP contribution in [0.25, 0.3) is 0 Å². The molecule has 6 rings (SSSR count). The van der Waals surface area contributed by atoms with Gasteiger partial charge in [-0.05, 0) is 36.1 Å². The van der Waals surface area contributed by atoms with Crippen LogP contribution in [0.5, 0.6) is 5.75 Å². The third-order valence-electron chi connectivity index (χ3n) is 7.49. The van der Waals surface area contributed by atoms with Gasteiger partial charge in [0, 0.05) is 18.8 Å². The second-order valence-electron chi connectivity index (χ2n) is 10.2. The lowest BCUT2D eigenvalue weighted by atomic mass is 10.0. The summed E-state index contributed by atoms with van der Waals surface area (Å²) in [6.07, 6.45) is 1.43. The first-order valence-corrected chi connectivity index (χ1v) is 14.9. The highest BCUT2D eigenvalue weighted by atomic mass is 32.2. The molecular formula is C32H31N3O5S. The summed E-state index contributed by atoms with van der Waals surface area (Å²) in [6.45, 7) is 1.46. The van der Waals surface area contributed by atoms with Gasteiger partial charge in [0.25, 0.3) is 11.8 Å². The van der Waals surface area contributed by atoms with Crippen LogP contribution in [0.4, 0.5) is 0 Å². The Bertz CT molecular complexity index is 1390. The fourth-order valence-electron chi connectivity index (χ4n) is 5.45. The van der Waals surface area contributed by atoms with Crippen LogP contribution in [0.3, 0.4) is 0 Å². The fraction of sp³-hybridized carbons (Fsp3) is 0.281. The number of para-hydroxylation sites is 1. The molecule has 0 bridgehead atoms. The Morgan fingerprint density at radius 3 is 2.07 bits per heavy atom. The Morgan fingerprint density at radius 1 is 0.878 bits per heavy atom. The van der Waals surface area contributed by atoms with Crippen molar-refractivity contribution in [1.82, 2.24) is 15.1 Å². The van der Waals surface area contributed by atoms with E-state index in [1.165, 1.54) is 4.90 Å². The van der Waals surface area contributed by atoms with Crippen molar-refractivity contribution in [2.75, 3.05) is 25.4 Å². The van der Waals surface area contributed by atoms with Gasteiger partial charge in [-0.15, -0.1) is 11.8 Å². The van der Waals surface area contributed by atoms with Crippen molar-refractivity contribution < 1.29 is 23.9 Å². The van der Waals surface area contributed by atoms with Gasteiger partial charge in [0.15, 0.2) is 18.4 Å². The molecule has 3 heterocycles. The first kappa shape index (κ1) is 27.0. The van der Waals surface area contributed by atoms with E-state index in [0.717, 1.165) is 42.8 Å². The number of benzene rings is 3. The Hall–Kier alpha value is -4.24. The predicted octanol–water partition coefficient (Wildman–Crippen LogP) is 4.11. The quantitative estimate of drug-likeness (QED) is 0.307. The summed E-state index contributed by atoms with van der Waals surface area (Å²) in [5.41, 5.74) is 2.79. The Labute approximate surface area is 243 Å². The first-order chi connectivity index (χ1) is 20.1. The Balaban J connectivity index is 1.23. The SMILES string of the molecule is O=C(COc1ccccc1)N[C@@H]1C(=O)N2C(C(=O)OC(c3ccccc3)c3ccccc3)=C(N3CCCC3)CS[C@H]12. The zero-order valence-electron chi connectivity index (χ0n) is 22.5. The molecule has 210 valence electrons. The number of nitrogens with zero attached hydrogens (tertiary/aromatic N) is 2. The number of amides is 2. The highest BCUT2D eigenvalue weighted by Gasteiger charge is 2.55. The maximum atomic E-state index is 14.0. The zero-order chi connectivity index (χ0) is 28.2. The molecular weight excluding hydrogens is 538 g/mol. The number of thioether (sulfide) groups is 1. The molecule has 0 unspecified atom stereocenters. The highest BCUT2D eigenvalue weighted by molar-refractivity contribution is 8.00. The van der Waals surface area contributed by atoms with Gasteiger partial charge in [-0.1, -0.05) is 78.9 Å². The summed E-state index contributed by atoms with van der Waals surface area (Å²) in [6, 6.07) is 27.5. The lowest BCUT2D eigenvalue weighted by molar-refractivity contribution is -0.155. The average Bonchev–Trinajstić information content (AvgIpc) is 3.57. The fourth-order valence-corrected chi connectivity index (χ4v) is 6.83. The number of carbonyl (C=O) groups is 3. The van der Waals surface area contributed by atoms with Gasteiger partial charge < -0.3 is 19.7 Å². The predicted molar refractivity (Wildman–Crippen MR) is 156 cm³/mol. The molecule has 3 aliphatic heterocycles. The van der Waals surface area contributed by atoms with E-state index < -0.39 is 23.5 Å². The van der Waals surface area contributed by atoms with E-state index in [0.29, 0.717) is 11.5 Å². The Kier molecular flexibility index (Phi) is 7.95. The number of esters is 1. The van der Waals surface area contributed by atoms with Crippen LogP contribution in [0.1, 0.15) is 30.1 Å². The largest absolute Gasteiger partial charge is 0.484 e. The van der Waals surface area contributed by atoms with Crippen molar-refractivity contribution in [1.29, 1.82) is 0 Å². The summed E-state index contributed by atoms with van der Waals surface area (Å²) >= 11 is 1.55. The van der Waals surface area contributed by atoms with Crippen LogP contribution < -0.4 is 10.1 Å². The molecule has 8 nitrogen and oxygen atoms in total. The summed E-state index contributed by atoms with van der Waals surface area (Å²) in [4.78, 5) is 43.9. The van der Waals surface area contributed by atoms with Crippen LogP contribution >= 0.6 is 11.8 Å². The number of carbonyl (C=O) groups excluding carboxylic acids is 3. The van der Waals surface area contributed by atoms with Crippen molar-refractivity contribution in [2.45, 2.75) is 30.4 Å². The van der Waals surface area contributed by atoms with Gasteiger partial charge in [0.05, 0.1) is 5.70 Å². The number of rotatable bonds is 9. The minimum absolute atomic E-state index is 0.204. The molecule has 0 radical (unpaired) electrons. The smallest absolute Gasteiger partial charge is 0.357 e. The number of ether oxygens (including phenoxy) is 2. The number of likely N-dealkylation sites (tertiary alicyclic amines) is 1. The minimum atomic E-state index is -0.742. The number of hydrogen-bond donors (Lipinski definition) is 1. The van der Waals surface area contributed by atoms with Gasteiger partial charge in [-0.2, -0.15) is 0 Å². The van der Waals surface area contributed by atoms with Crippen LogP contribution in [0.15, 0.2) is 102 Å². The molecule has 3 aromatic carbocycles. The van der Waals surface area contributed by atoms with Gasteiger partial charge >= 0.3 is 5.97 Å². The van der Waals surface area contributed by atoms with Crippen molar-refractivity contribution in [3.8, 4) is 5.75 Å². The van der Waals surface area contributed by atoms with Crippen LogP contribution in [-0.4, -0.2) is 64.4 Å². The van der Waals surface area contributed by atoms with Crippen LogP contribution in [0.2, 0.25) is 0 Å². The molecule has 2 saturated heterocycles. The molecule has 9 heteroatoms. The summed E-state index contributed by atoms with van der Waals surface area (Å²) in [7, 11) is 0. The normalized spacial score (nSPS) is 20.0. The van der Waals surface area contributed by atoms with E-state index >= 15 is 0 Å². The van der Waals surface area contributed by atoms with Gasteiger partial charge in [-0.25, -0.2) is 4.79 Å². The molecule has 3 aromatic rings. The number of hydrogen-bond acceptors (Lipinski definition) is 7. The van der Waals surface area contributed by atoms with Crippen molar-refractivity contribution in [3.05, 3.63) is 114 Å². The molecule has 3 aliphatic rings.